The van der Waals surface area contributed by atoms with E-state index < -0.39 is 0 Å². The van der Waals surface area contributed by atoms with Crippen LogP contribution < -0.4 is 0 Å². The number of halogens is 1. The van der Waals surface area contributed by atoms with E-state index in [-0.39, 0.29) is 0 Å². The van der Waals surface area contributed by atoms with Crippen LogP contribution in [0.1, 0.15) is 11.3 Å². The maximum absolute atomic E-state index is 6.39. The van der Waals surface area contributed by atoms with Crippen LogP contribution in [0, 0.1) is 13.8 Å². The molecule has 0 unspecified atom stereocenters. The molecule has 0 saturated heterocycles. The van der Waals surface area contributed by atoms with E-state index in [2.05, 4.69) is 29.2 Å². The van der Waals surface area contributed by atoms with Crippen LogP contribution in [0.25, 0.3) is 21.7 Å². The van der Waals surface area contributed by atoms with E-state index in [1.54, 1.807) is 0 Å². The van der Waals surface area contributed by atoms with Gasteiger partial charge in [0.05, 0.1) is 10.5 Å². The van der Waals surface area contributed by atoms with Crippen molar-refractivity contribution in [2.24, 2.45) is 0 Å². The van der Waals surface area contributed by atoms with Gasteiger partial charge in [0.1, 0.15) is 0 Å². The van der Waals surface area contributed by atoms with Crippen molar-refractivity contribution in [1.29, 1.82) is 0 Å². The topological polar surface area (TPSA) is 12.9 Å². The number of aryl methyl sites for hydroxylation is 1. The second-order valence-electron chi connectivity index (χ2n) is 4.32. The Kier molecular flexibility index (Phi) is 2.30. The van der Waals surface area contributed by atoms with Gasteiger partial charge in [0, 0.05) is 16.5 Å². The normalized spacial score (nSPS) is 11.2. The number of nitrogens with zero attached hydrogens (tertiary/aromatic N) is 1. The van der Waals surface area contributed by atoms with E-state index in [9.17, 15) is 0 Å². The van der Waals surface area contributed by atoms with Gasteiger partial charge in [-0.25, -0.2) is 0 Å². The van der Waals surface area contributed by atoms with Crippen molar-refractivity contribution in [1.82, 2.24) is 4.98 Å². The van der Waals surface area contributed by atoms with Gasteiger partial charge in [0.2, 0.25) is 0 Å². The van der Waals surface area contributed by atoms with E-state index in [1.807, 2.05) is 26.0 Å². The molecule has 0 atom stereocenters. The third kappa shape index (κ3) is 1.50. The lowest BCUT2D eigenvalue weighted by atomic mass is 10.0. The van der Waals surface area contributed by atoms with Gasteiger partial charge in [0.25, 0.3) is 0 Å². The minimum atomic E-state index is 0.818. The SMILES string of the molecule is Cc1nc2c(ccc3ccccc32)c(Cl)c1C. The standard InChI is InChI=1S/C15H12ClN/c1-9-10(2)17-15-12-6-4-3-5-11(12)7-8-13(15)14(9)16/h3-8H,1-2H3. The molecule has 0 bridgehead atoms. The zero-order valence-electron chi connectivity index (χ0n) is 9.79. The molecule has 3 rings (SSSR count). The van der Waals surface area contributed by atoms with Gasteiger partial charge in [-0.1, -0.05) is 48.0 Å². The number of hydrogen-bond acceptors (Lipinski definition) is 1. The summed E-state index contributed by atoms with van der Waals surface area (Å²) in [5.41, 5.74) is 3.06. The first-order valence-electron chi connectivity index (χ1n) is 5.62. The lowest BCUT2D eigenvalue weighted by Gasteiger charge is -2.09. The van der Waals surface area contributed by atoms with Crippen molar-refractivity contribution >= 4 is 33.3 Å². The van der Waals surface area contributed by atoms with Gasteiger partial charge >= 0.3 is 0 Å². The summed E-state index contributed by atoms with van der Waals surface area (Å²) in [6.07, 6.45) is 0. The van der Waals surface area contributed by atoms with Crippen molar-refractivity contribution in [3.63, 3.8) is 0 Å². The molecule has 0 saturated carbocycles. The van der Waals surface area contributed by atoms with Gasteiger partial charge in [-0.05, 0) is 24.8 Å². The largest absolute Gasteiger partial charge is 0.252 e. The molecule has 0 spiro atoms. The van der Waals surface area contributed by atoms with Crippen molar-refractivity contribution < 1.29 is 0 Å². The predicted octanol–water partition coefficient (Wildman–Crippen LogP) is 4.66. The van der Waals surface area contributed by atoms with Gasteiger partial charge < -0.3 is 0 Å². The molecule has 2 aromatic carbocycles. The number of pyridine rings is 1. The van der Waals surface area contributed by atoms with Gasteiger partial charge in [-0.15, -0.1) is 0 Å². The number of benzene rings is 2. The molecular weight excluding hydrogens is 230 g/mol. The third-order valence-electron chi connectivity index (χ3n) is 3.29. The first-order valence-corrected chi connectivity index (χ1v) is 6.00. The summed E-state index contributed by atoms with van der Waals surface area (Å²) in [5, 5.41) is 4.22. The summed E-state index contributed by atoms with van der Waals surface area (Å²) in [5.74, 6) is 0. The van der Waals surface area contributed by atoms with Gasteiger partial charge in [-0.3, -0.25) is 4.98 Å². The van der Waals surface area contributed by atoms with E-state index in [0.29, 0.717) is 0 Å². The molecular formula is C15H12ClN. The average Bonchev–Trinajstić information content (AvgIpc) is 2.36. The Morgan fingerprint density at radius 2 is 1.71 bits per heavy atom. The van der Waals surface area contributed by atoms with Crippen molar-refractivity contribution in [3.05, 3.63) is 52.7 Å². The monoisotopic (exact) mass is 241 g/mol. The molecule has 0 aliphatic rings. The van der Waals surface area contributed by atoms with Crippen LogP contribution in [0.5, 0.6) is 0 Å². The molecule has 17 heavy (non-hydrogen) atoms. The van der Waals surface area contributed by atoms with Crippen LogP contribution in [-0.4, -0.2) is 4.98 Å². The van der Waals surface area contributed by atoms with E-state index >= 15 is 0 Å². The average molecular weight is 242 g/mol. The Bertz CT molecular complexity index is 732. The number of hydrogen-bond donors (Lipinski definition) is 0. The minimum Gasteiger partial charge on any atom is -0.252 e. The van der Waals surface area contributed by atoms with Crippen LogP contribution in [0.4, 0.5) is 0 Å². The summed E-state index contributed by atoms with van der Waals surface area (Å²) in [6, 6.07) is 12.4. The Morgan fingerprint density at radius 1 is 0.941 bits per heavy atom. The zero-order chi connectivity index (χ0) is 12.0. The van der Waals surface area contributed by atoms with Gasteiger partial charge in [-0.2, -0.15) is 0 Å². The predicted molar refractivity (Wildman–Crippen MR) is 73.7 cm³/mol. The lowest BCUT2D eigenvalue weighted by Crippen LogP contribution is -1.91. The fraction of sp³-hybridized carbons (Fsp3) is 0.133. The first-order chi connectivity index (χ1) is 8.18. The Labute approximate surface area is 105 Å². The van der Waals surface area contributed by atoms with Crippen LogP contribution in [0.2, 0.25) is 5.02 Å². The summed E-state index contributed by atoms with van der Waals surface area (Å²) in [6.45, 7) is 4.02. The summed E-state index contributed by atoms with van der Waals surface area (Å²) >= 11 is 6.39. The minimum absolute atomic E-state index is 0.818. The molecule has 0 amide bonds. The summed E-state index contributed by atoms with van der Waals surface area (Å²) in [7, 11) is 0. The molecule has 0 fully saturated rings. The number of aromatic nitrogens is 1. The lowest BCUT2D eigenvalue weighted by molar-refractivity contribution is 1.20. The number of fused-ring (bicyclic) bond motifs is 3. The molecule has 0 N–H and O–H groups in total. The molecule has 0 aliphatic heterocycles. The summed E-state index contributed by atoms with van der Waals surface area (Å²) < 4.78 is 0. The van der Waals surface area contributed by atoms with Crippen molar-refractivity contribution in [2.75, 3.05) is 0 Å². The molecule has 1 heterocycles. The molecule has 2 heteroatoms. The second-order valence-corrected chi connectivity index (χ2v) is 4.70. The smallest absolute Gasteiger partial charge is 0.0798 e. The maximum Gasteiger partial charge on any atom is 0.0798 e. The van der Waals surface area contributed by atoms with Crippen molar-refractivity contribution in [3.8, 4) is 0 Å². The zero-order valence-corrected chi connectivity index (χ0v) is 10.5. The molecule has 84 valence electrons. The van der Waals surface area contributed by atoms with Crippen LogP contribution in [0.15, 0.2) is 36.4 Å². The first kappa shape index (κ1) is 10.5. The fourth-order valence-corrected chi connectivity index (χ4v) is 2.45. The van der Waals surface area contributed by atoms with Gasteiger partial charge in [0.15, 0.2) is 0 Å². The Balaban J connectivity index is 2.59. The molecule has 0 aliphatic carbocycles. The van der Waals surface area contributed by atoms with Crippen molar-refractivity contribution in [2.45, 2.75) is 13.8 Å². The van der Waals surface area contributed by atoms with Crippen LogP contribution in [0.3, 0.4) is 0 Å². The van der Waals surface area contributed by atoms with E-state index in [4.69, 9.17) is 11.6 Å². The highest BCUT2D eigenvalue weighted by atomic mass is 35.5. The Morgan fingerprint density at radius 3 is 2.53 bits per heavy atom. The highest BCUT2D eigenvalue weighted by molar-refractivity contribution is 6.37. The molecule has 0 radical (unpaired) electrons. The van der Waals surface area contributed by atoms with E-state index in [0.717, 1.165) is 32.6 Å². The highest BCUT2D eigenvalue weighted by Crippen LogP contribution is 2.31. The summed E-state index contributed by atoms with van der Waals surface area (Å²) in [4.78, 5) is 4.68. The highest BCUT2D eigenvalue weighted by Gasteiger charge is 2.09. The van der Waals surface area contributed by atoms with Crippen LogP contribution in [-0.2, 0) is 0 Å². The molecule has 3 aromatic rings. The quantitative estimate of drug-likeness (QED) is 0.522. The third-order valence-corrected chi connectivity index (χ3v) is 3.78. The fourth-order valence-electron chi connectivity index (χ4n) is 2.17. The molecule has 1 aromatic heterocycles. The number of rotatable bonds is 0. The van der Waals surface area contributed by atoms with E-state index in [1.165, 1.54) is 5.39 Å². The van der Waals surface area contributed by atoms with Crippen LogP contribution >= 0.6 is 11.6 Å². The Hall–Kier alpha value is -1.60. The maximum atomic E-state index is 6.39. The molecule has 1 nitrogen and oxygen atoms in total. The second kappa shape index (κ2) is 3.71.